The molecule has 4 heteroatoms. The zero-order chi connectivity index (χ0) is 13.9. The largest absolute Gasteiger partial charge is 0.269 e. The Bertz CT molecular complexity index is 784. The average molecular weight is 265 g/mol. The predicted molar refractivity (Wildman–Crippen MR) is 76.3 cm³/mol. The zero-order valence-electron chi connectivity index (χ0n) is 10.8. The summed E-state index contributed by atoms with van der Waals surface area (Å²) in [5.74, 6) is 0. The molecule has 0 N–H and O–H groups in total. The number of pyridine rings is 1. The van der Waals surface area contributed by atoms with Crippen molar-refractivity contribution in [1.29, 1.82) is 0 Å². The van der Waals surface area contributed by atoms with Crippen LogP contribution in [-0.4, -0.2) is 4.92 Å². The molecule has 0 amide bonds. The van der Waals surface area contributed by atoms with Gasteiger partial charge in [0, 0.05) is 29.1 Å². The highest BCUT2D eigenvalue weighted by atomic mass is 16.6. The van der Waals surface area contributed by atoms with Crippen LogP contribution in [0.2, 0.25) is 0 Å². The first-order chi connectivity index (χ1) is 9.72. The molecule has 0 fully saturated rings. The molecule has 4 nitrogen and oxygen atoms in total. The SMILES string of the molecule is O=[N+]([O-])c1cccc(C[n+]2ccc3ccccc3c2)c1. The van der Waals surface area contributed by atoms with Gasteiger partial charge in [-0.15, -0.1) is 0 Å². The van der Waals surface area contributed by atoms with E-state index in [0.717, 1.165) is 10.9 Å². The number of rotatable bonds is 3. The molecule has 0 saturated carbocycles. The molecular formula is C16H13N2O2+. The van der Waals surface area contributed by atoms with Crippen molar-refractivity contribution in [1.82, 2.24) is 0 Å². The van der Waals surface area contributed by atoms with Crippen LogP contribution in [0.3, 0.4) is 0 Å². The molecule has 0 saturated heterocycles. The van der Waals surface area contributed by atoms with E-state index in [9.17, 15) is 10.1 Å². The summed E-state index contributed by atoms with van der Waals surface area (Å²) in [4.78, 5) is 10.4. The third kappa shape index (κ3) is 2.49. The molecule has 3 rings (SSSR count). The average Bonchev–Trinajstić information content (AvgIpc) is 2.47. The Labute approximate surface area is 116 Å². The molecule has 0 radical (unpaired) electrons. The Morgan fingerprint density at radius 3 is 2.60 bits per heavy atom. The Kier molecular flexibility index (Phi) is 3.13. The molecular weight excluding hydrogens is 252 g/mol. The van der Waals surface area contributed by atoms with E-state index >= 15 is 0 Å². The van der Waals surface area contributed by atoms with Gasteiger partial charge in [0.1, 0.15) is 0 Å². The molecule has 1 aromatic heterocycles. The smallest absolute Gasteiger partial charge is 0.258 e. The lowest BCUT2D eigenvalue weighted by Crippen LogP contribution is -2.33. The molecule has 0 spiro atoms. The summed E-state index contributed by atoms with van der Waals surface area (Å²) in [6, 6.07) is 16.9. The van der Waals surface area contributed by atoms with Crippen molar-refractivity contribution in [2.24, 2.45) is 0 Å². The van der Waals surface area contributed by atoms with Gasteiger partial charge >= 0.3 is 0 Å². The van der Waals surface area contributed by atoms with E-state index in [-0.39, 0.29) is 10.6 Å². The molecule has 0 unspecified atom stereocenters. The number of hydrogen-bond donors (Lipinski definition) is 0. The van der Waals surface area contributed by atoms with Crippen LogP contribution in [0.1, 0.15) is 5.56 Å². The number of nitro groups is 1. The van der Waals surface area contributed by atoms with Gasteiger partial charge in [0.15, 0.2) is 18.9 Å². The van der Waals surface area contributed by atoms with E-state index < -0.39 is 0 Å². The van der Waals surface area contributed by atoms with Crippen LogP contribution in [0.15, 0.2) is 67.0 Å². The molecule has 2 aromatic carbocycles. The van der Waals surface area contributed by atoms with Gasteiger partial charge in [-0.2, -0.15) is 0 Å². The van der Waals surface area contributed by atoms with Crippen molar-refractivity contribution in [2.45, 2.75) is 6.54 Å². The second kappa shape index (κ2) is 5.09. The summed E-state index contributed by atoms with van der Waals surface area (Å²) < 4.78 is 2.03. The maximum Gasteiger partial charge on any atom is 0.269 e. The van der Waals surface area contributed by atoms with Crippen molar-refractivity contribution >= 4 is 16.5 Å². The van der Waals surface area contributed by atoms with Crippen LogP contribution in [0.25, 0.3) is 10.8 Å². The third-order valence-electron chi connectivity index (χ3n) is 3.23. The fourth-order valence-electron chi connectivity index (χ4n) is 2.26. The second-order valence-electron chi connectivity index (χ2n) is 4.67. The highest BCUT2D eigenvalue weighted by Crippen LogP contribution is 2.14. The number of aromatic nitrogens is 1. The minimum absolute atomic E-state index is 0.129. The molecule has 3 aromatic rings. The van der Waals surface area contributed by atoms with Crippen LogP contribution in [0.5, 0.6) is 0 Å². The van der Waals surface area contributed by atoms with E-state index in [1.807, 2.05) is 41.2 Å². The Morgan fingerprint density at radius 2 is 1.80 bits per heavy atom. The highest BCUT2D eigenvalue weighted by molar-refractivity contribution is 5.80. The van der Waals surface area contributed by atoms with E-state index in [2.05, 4.69) is 12.1 Å². The number of non-ortho nitro benzene ring substituents is 1. The minimum atomic E-state index is -0.367. The maximum atomic E-state index is 10.8. The second-order valence-corrected chi connectivity index (χ2v) is 4.67. The van der Waals surface area contributed by atoms with Gasteiger partial charge in [0.25, 0.3) is 5.69 Å². The molecule has 0 bridgehead atoms. The monoisotopic (exact) mass is 265 g/mol. The lowest BCUT2D eigenvalue weighted by molar-refractivity contribution is -0.687. The summed E-state index contributed by atoms with van der Waals surface area (Å²) in [7, 11) is 0. The van der Waals surface area contributed by atoms with Crippen LogP contribution in [0, 0.1) is 10.1 Å². The van der Waals surface area contributed by atoms with Gasteiger partial charge in [-0.1, -0.05) is 30.3 Å². The van der Waals surface area contributed by atoms with Gasteiger partial charge in [0.2, 0.25) is 0 Å². The molecule has 1 heterocycles. The highest BCUT2D eigenvalue weighted by Gasteiger charge is 2.09. The van der Waals surface area contributed by atoms with Gasteiger partial charge in [-0.25, -0.2) is 4.57 Å². The zero-order valence-corrected chi connectivity index (χ0v) is 10.8. The number of fused-ring (bicyclic) bond motifs is 1. The van der Waals surface area contributed by atoms with E-state index in [1.165, 1.54) is 11.5 Å². The first-order valence-electron chi connectivity index (χ1n) is 6.33. The molecule has 20 heavy (non-hydrogen) atoms. The number of nitrogens with zero attached hydrogens (tertiary/aromatic N) is 2. The van der Waals surface area contributed by atoms with Crippen molar-refractivity contribution in [3.63, 3.8) is 0 Å². The van der Waals surface area contributed by atoms with Crippen LogP contribution >= 0.6 is 0 Å². The first-order valence-corrected chi connectivity index (χ1v) is 6.33. The third-order valence-corrected chi connectivity index (χ3v) is 3.23. The lowest BCUT2D eigenvalue weighted by atomic mass is 10.1. The molecule has 0 aliphatic heterocycles. The topological polar surface area (TPSA) is 47.0 Å². The Hall–Kier alpha value is -2.75. The summed E-state index contributed by atoms with van der Waals surface area (Å²) in [6.07, 6.45) is 4.04. The molecule has 0 atom stereocenters. The first kappa shape index (κ1) is 12.3. The normalized spacial score (nSPS) is 10.6. The fraction of sp³-hybridized carbons (Fsp3) is 0.0625. The molecule has 0 aliphatic rings. The van der Waals surface area contributed by atoms with Crippen LogP contribution in [0.4, 0.5) is 5.69 Å². The standard InChI is InChI=1S/C16H13N2O2/c19-18(20)16-7-3-4-13(10-16)11-17-9-8-14-5-1-2-6-15(14)12-17/h1-10,12H,11H2/q+1. The van der Waals surface area contributed by atoms with Crippen molar-refractivity contribution in [3.05, 3.63) is 82.7 Å². The number of hydrogen-bond acceptors (Lipinski definition) is 2. The van der Waals surface area contributed by atoms with Crippen LogP contribution < -0.4 is 4.57 Å². The van der Waals surface area contributed by atoms with Gasteiger partial charge in [-0.3, -0.25) is 10.1 Å². The summed E-state index contributed by atoms with van der Waals surface area (Å²) in [5.41, 5.74) is 1.04. The van der Waals surface area contributed by atoms with E-state index in [0.29, 0.717) is 6.54 Å². The van der Waals surface area contributed by atoms with Gasteiger partial charge < -0.3 is 0 Å². The number of nitro benzene ring substituents is 1. The quantitative estimate of drug-likeness (QED) is 0.415. The molecule has 0 aliphatic carbocycles. The van der Waals surface area contributed by atoms with Gasteiger partial charge in [0.05, 0.1) is 4.92 Å². The summed E-state index contributed by atoms with van der Waals surface area (Å²) in [6.45, 7) is 0.618. The van der Waals surface area contributed by atoms with Crippen molar-refractivity contribution in [3.8, 4) is 0 Å². The number of benzene rings is 2. The molecule has 98 valence electrons. The van der Waals surface area contributed by atoms with Gasteiger partial charge in [-0.05, 0) is 11.5 Å². The minimum Gasteiger partial charge on any atom is -0.258 e. The predicted octanol–water partition coefficient (Wildman–Crippen LogP) is 3.08. The Morgan fingerprint density at radius 1 is 1.00 bits per heavy atom. The van der Waals surface area contributed by atoms with E-state index in [1.54, 1.807) is 12.1 Å². The summed E-state index contributed by atoms with van der Waals surface area (Å²) >= 11 is 0. The summed E-state index contributed by atoms with van der Waals surface area (Å²) in [5, 5.41) is 13.1. The fourth-order valence-corrected chi connectivity index (χ4v) is 2.26. The van der Waals surface area contributed by atoms with Crippen molar-refractivity contribution < 1.29 is 9.49 Å². The Balaban J connectivity index is 1.92. The maximum absolute atomic E-state index is 10.8. The van der Waals surface area contributed by atoms with E-state index in [4.69, 9.17) is 0 Å². The van der Waals surface area contributed by atoms with Crippen LogP contribution in [-0.2, 0) is 6.54 Å². The lowest BCUT2D eigenvalue weighted by Gasteiger charge is -2.00. The van der Waals surface area contributed by atoms with Crippen molar-refractivity contribution in [2.75, 3.05) is 0 Å².